The summed E-state index contributed by atoms with van der Waals surface area (Å²) in [7, 11) is 0. The second-order valence-electron chi connectivity index (χ2n) is 6.96. The van der Waals surface area contributed by atoms with E-state index in [0.29, 0.717) is 0 Å². The van der Waals surface area contributed by atoms with Gasteiger partial charge in [-0.1, -0.05) is 30.3 Å². The van der Waals surface area contributed by atoms with Crippen LogP contribution in [0.3, 0.4) is 0 Å². The fraction of sp³-hybridized carbons (Fsp3) is 0.526. The Hall–Kier alpha value is -1.61. The van der Waals surface area contributed by atoms with Crippen LogP contribution in [0.4, 0.5) is 0 Å². The van der Waals surface area contributed by atoms with Crippen molar-refractivity contribution in [2.24, 2.45) is 23.7 Å². The summed E-state index contributed by atoms with van der Waals surface area (Å²) in [5.74, 6) is 3.79. The molecular weight excluding hydrogens is 274 g/mol. The van der Waals surface area contributed by atoms with Crippen molar-refractivity contribution in [2.45, 2.75) is 38.5 Å². The van der Waals surface area contributed by atoms with Crippen LogP contribution in [0.2, 0.25) is 0 Å². The first-order valence-electron chi connectivity index (χ1n) is 8.15. The molecule has 0 aromatic heterocycles. The van der Waals surface area contributed by atoms with Crippen LogP contribution >= 0.6 is 0 Å². The summed E-state index contributed by atoms with van der Waals surface area (Å²) in [6.45, 7) is 0. The minimum absolute atomic E-state index is 0. The maximum absolute atomic E-state index is 10.1. The third-order valence-corrected chi connectivity index (χ3v) is 5.22. The zero-order chi connectivity index (χ0) is 14.7. The molecule has 0 unspecified atom stereocenters. The molecule has 0 heterocycles. The lowest BCUT2D eigenvalue weighted by Crippen LogP contribution is -2.38. The molecule has 4 aliphatic rings. The highest BCUT2D eigenvalue weighted by Gasteiger charge is 2.41. The highest BCUT2D eigenvalue weighted by atomic mass is 16.4. The van der Waals surface area contributed by atoms with Gasteiger partial charge in [-0.05, 0) is 73.8 Å². The molecule has 4 bridgehead atoms. The maximum Gasteiger partial charge on any atom is 0.328 e. The van der Waals surface area contributed by atoms with Crippen LogP contribution in [0.15, 0.2) is 36.4 Å². The van der Waals surface area contributed by atoms with E-state index >= 15 is 0 Å². The zero-order valence-corrected chi connectivity index (χ0v) is 13.2. The molecule has 4 fully saturated rings. The Morgan fingerprint density at radius 2 is 1.27 bits per heavy atom. The van der Waals surface area contributed by atoms with E-state index in [4.69, 9.17) is 5.11 Å². The summed E-state index contributed by atoms with van der Waals surface area (Å²) in [4.78, 5) is 10.1. The van der Waals surface area contributed by atoms with Crippen LogP contribution in [0, 0.1) is 23.7 Å². The Balaban J connectivity index is 0.000000153. The van der Waals surface area contributed by atoms with Crippen molar-refractivity contribution in [2.75, 3.05) is 0 Å². The van der Waals surface area contributed by atoms with E-state index in [0.717, 1.165) is 11.6 Å². The number of hydrogen-bond donors (Lipinski definition) is 2. The minimum Gasteiger partial charge on any atom is -0.478 e. The lowest BCUT2D eigenvalue weighted by molar-refractivity contribution is -0.131. The Bertz CT molecular complexity index is 453. The fourth-order valence-corrected chi connectivity index (χ4v) is 4.71. The van der Waals surface area contributed by atoms with Crippen molar-refractivity contribution < 1.29 is 9.90 Å². The quantitative estimate of drug-likeness (QED) is 0.772. The first-order chi connectivity index (χ1) is 10.2. The molecule has 0 amide bonds. The number of hydrogen-bond acceptors (Lipinski definition) is 2. The first-order valence-corrected chi connectivity index (χ1v) is 8.15. The van der Waals surface area contributed by atoms with Gasteiger partial charge in [-0.3, -0.25) is 0 Å². The summed E-state index contributed by atoms with van der Waals surface area (Å²) in [5, 5.41) is 8.29. The first kappa shape index (κ1) is 16.8. The zero-order valence-electron chi connectivity index (χ0n) is 13.2. The topological polar surface area (TPSA) is 72.3 Å². The van der Waals surface area contributed by atoms with Crippen LogP contribution in [-0.2, 0) is 4.79 Å². The third-order valence-electron chi connectivity index (χ3n) is 5.22. The van der Waals surface area contributed by atoms with Crippen molar-refractivity contribution in [3.63, 3.8) is 0 Å². The number of carboxylic acids is 1. The summed E-state index contributed by atoms with van der Waals surface area (Å²) < 4.78 is 0. The van der Waals surface area contributed by atoms with Crippen LogP contribution in [0.5, 0.6) is 0 Å². The molecule has 0 atom stereocenters. The predicted molar refractivity (Wildman–Crippen MR) is 89.8 cm³/mol. The van der Waals surface area contributed by atoms with Gasteiger partial charge in [0.2, 0.25) is 0 Å². The van der Waals surface area contributed by atoms with Crippen LogP contribution in [0.25, 0.3) is 6.08 Å². The summed E-state index contributed by atoms with van der Waals surface area (Å²) >= 11 is 0. The molecule has 120 valence electrons. The molecule has 4 N–H and O–H groups in total. The lowest BCUT2D eigenvalue weighted by Gasteiger charge is -2.49. The van der Waals surface area contributed by atoms with Gasteiger partial charge in [-0.2, -0.15) is 0 Å². The molecule has 0 aliphatic heterocycles. The van der Waals surface area contributed by atoms with Crippen LogP contribution < -0.4 is 6.15 Å². The molecule has 0 radical (unpaired) electrons. The van der Waals surface area contributed by atoms with Gasteiger partial charge in [0.05, 0.1) is 0 Å². The van der Waals surface area contributed by atoms with Crippen LogP contribution in [-0.4, -0.2) is 11.1 Å². The van der Waals surface area contributed by atoms with E-state index in [1.54, 1.807) is 44.6 Å². The van der Waals surface area contributed by atoms with Gasteiger partial charge in [0.25, 0.3) is 0 Å². The number of benzene rings is 1. The molecule has 1 aromatic carbocycles. The number of carbonyl (C=O) groups is 1. The maximum atomic E-state index is 10.1. The molecule has 4 saturated carbocycles. The van der Waals surface area contributed by atoms with E-state index in [-0.39, 0.29) is 6.15 Å². The second kappa shape index (κ2) is 7.59. The van der Waals surface area contributed by atoms with Crippen LogP contribution in [0.1, 0.15) is 44.1 Å². The highest BCUT2D eigenvalue weighted by molar-refractivity contribution is 5.85. The fourth-order valence-electron chi connectivity index (χ4n) is 4.71. The van der Waals surface area contributed by atoms with Crippen molar-refractivity contribution in [3.05, 3.63) is 42.0 Å². The molecule has 3 nitrogen and oxygen atoms in total. The average Bonchev–Trinajstić information content (AvgIpc) is 2.45. The number of rotatable bonds is 2. The molecule has 1 aromatic rings. The molecule has 5 rings (SSSR count). The standard InChI is InChI=1S/C10H16.C9H8O2.H3N/c1-7-2-9-4-8(1)5-10(3-7)6-9;10-9(11)7-6-8-4-2-1-3-5-8;/h7-10H,1-6H2;1-7H,(H,10,11);1H3/b;7-6+;. The summed E-state index contributed by atoms with van der Waals surface area (Å²) in [5.41, 5.74) is 0.898. The lowest BCUT2D eigenvalue weighted by atomic mass is 9.56. The number of carboxylic acid groups (broad SMARTS) is 1. The predicted octanol–water partition coefficient (Wildman–Crippen LogP) is 4.78. The smallest absolute Gasteiger partial charge is 0.328 e. The Labute approximate surface area is 133 Å². The van der Waals surface area contributed by atoms with Gasteiger partial charge in [0, 0.05) is 6.08 Å². The Morgan fingerprint density at radius 3 is 1.64 bits per heavy atom. The third kappa shape index (κ3) is 4.44. The largest absolute Gasteiger partial charge is 0.478 e. The SMILES string of the molecule is C1C2CC3CC1CC(C2)C3.N.O=C(O)/C=C/c1ccccc1. The van der Waals surface area contributed by atoms with Gasteiger partial charge in [-0.15, -0.1) is 0 Å². The molecule has 3 heteroatoms. The molecule has 0 spiro atoms. The highest BCUT2D eigenvalue weighted by Crippen LogP contribution is 2.53. The van der Waals surface area contributed by atoms with E-state index in [1.807, 2.05) is 30.3 Å². The van der Waals surface area contributed by atoms with Crippen molar-refractivity contribution in [1.29, 1.82) is 0 Å². The second-order valence-corrected chi connectivity index (χ2v) is 6.96. The monoisotopic (exact) mass is 301 g/mol. The van der Waals surface area contributed by atoms with Crippen molar-refractivity contribution in [3.8, 4) is 0 Å². The summed E-state index contributed by atoms with van der Waals surface area (Å²) in [6, 6.07) is 9.31. The van der Waals surface area contributed by atoms with E-state index in [9.17, 15) is 4.79 Å². The molecule has 22 heavy (non-hydrogen) atoms. The van der Waals surface area contributed by atoms with Crippen molar-refractivity contribution >= 4 is 12.0 Å². The van der Waals surface area contributed by atoms with Gasteiger partial charge in [-0.25, -0.2) is 4.79 Å². The van der Waals surface area contributed by atoms with Gasteiger partial charge in [0.1, 0.15) is 0 Å². The molecule has 0 saturated heterocycles. The average molecular weight is 301 g/mol. The van der Waals surface area contributed by atoms with Gasteiger partial charge >= 0.3 is 5.97 Å². The van der Waals surface area contributed by atoms with Gasteiger partial charge < -0.3 is 11.3 Å². The minimum atomic E-state index is -0.922. The Kier molecular flexibility index (Phi) is 5.78. The van der Waals surface area contributed by atoms with E-state index in [2.05, 4.69) is 0 Å². The van der Waals surface area contributed by atoms with Crippen molar-refractivity contribution in [1.82, 2.24) is 6.15 Å². The van der Waals surface area contributed by atoms with E-state index < -0.39 is 5.97 Å². The van der Waals surface area contributed by atoms with E-state index in [1.165, 1.54) is 23.7 Å². The summed E-state index contributed by atoms with van der Waals surface area (Å²) in [6.07, 6.45) is 12.3. The molecular formula is C19H27NO2. The Morgan fingerprint density at radius 1 is 0.864 bits per heavy atom. The molecule has 4 aliphatic carbocycles. The normalized spacial score (nSPS) is 31.3. The number of aliphatic carboxylic acids is 1. The van der Waals surface area contributed by atoms with Gasteiger partial charge in [0.15, 0.2) is 0 Å².